The van der Waals surface area contributed by atoms with Crippen LogP contribution in [0.1, 0.15) is 0 Å². The molecule has 0 saturated heterocycles. The van der Waals surface area contributed by atoms with Gasteiger partial charge in [0.1, 0.15) is 12.4 Å². The summed E-state index contributed by atoms with van der Waals surface area (Å²) in [6.07, 6.45) is 0. The van der Waals surface area contributed by atoms with E-state index in [9.17, 15) is 17.6 Å². The van der Waals surface area contributed by atoms with E-state index in [2.05, 4.69) is 5.32 Å². The first kappa shape index (κ1) is 22.1. The van der Waals surface area contributed by atoms with E-state index in [-0.39, 0.29) is 16.3 Å². The Labute approximate surface area is 180 Å². The van der Waals surface area contributed by atoms with E-state index in [0.717, 1.165) is 16.4 Å². The average Bonchev–Trinajstić information content (AvgIpc) is 2.78. The van der Waals surface area contributed by atoms with Crippen LogP contribution in [0.15, 0.2) is 77.7 Å². The Balaban J connectivity index is 1.99. The van der Waals surface area contributed by atoms with Gasteiger partial charge in [0.15, 0.2) is 11.5 Å². The number of nitrogens with zero attached hydrogens (tertiary/aromatic N) is 1. The van der Waals surface area contributed by atoms with E-state index in [4.69, 9.17) is 9.47 Å². The van der Waals surface area contributed by atoms with E-state index in [1.165, 1.54) is 44.6 Å². The van der Waals surface area contributed by atoms with Gasteiger partial charge < -0.3 is 14.8 Å². The fourth-order valence-corrected chi connectivity index (χ4v) is 4.32. The van der Waals surface area contributed by atoms with Crippen LogP contribution in [0.2, 0.25) is 0 Å². The smallest absolute Gasteiger partial charge is 0.264 e. The molecule has 0 radical (unpaired) electrons. The van der Waals surface area contributed by atoms with Gasteiger partial charge in [0.05, 0.1) is 24.8 Å². The Hall–Kier alpha value is -3.59. The maximum Gasteiger partial charge on any atom is 0.264 e. The van der Waals surface area contributed by atoms with Crippen molar-refractivity contribution in [3.63, 3.8) is 0 Å². The molecule has 3 aromatic carbocycles. The number of amides is 1. The predicted molar refractivity (Wildman–Crippen MR) is 116 cm³/mol. The summed E-state index contributed by atoms with van der Waals surface area (Å²) in [5.41, 5.74) is 0.662. The maximum atomic E-state index is 13.4. The van der Waals surface area contributed by atoms with Gasteiger partial charge in [0, 0.05) is 11.8 Å². The molecule has 0 aliphatic carbocycles. The van der Waals surface area contributed by atoms with Crippen molar-refractivity contribution < 1.29 is 27.1 Å². The van der Waals surface area contributed by atoms with Crippen LogP contribution in [0.5, 0.6) is 11.5 Å². The Morgan fingerprint density at radius 1 is 0.935 bits per heavy atom. The second-order valence-corrected chi connectivity index (χ2v) is 8.28. The van der Waals surface area contributed by atoms with Crippen molar-refractivity contribution in [3.8, 4) is 11.5 Å². The molecule has 0 aliphatic heterocycles. The monoisotopic (exact) mass is 444 g/mol. The molecule has 0 heterocycles. The molecule has 0 aromatic heterocycles. The molecule has 7 nitrogen and oxygen atoms in total. The molecule has 9 heteroatoms. The number of carbonyl (C=O) groups is 1. The molecule has 0 spiro atoms. The van der Waals surface area contributed by atoms with E-state index in [1.54, 1.807) is 30.3 Å². The first-order valence-electron chi connectivity index (χ1n) is 9.20. The van der Waals surface area contributed by atoms with Crippen molar-refractivity contribution >= 4 is 27.3 Å². The number of benzene rings is 3. The van der Waals surface area contributed by atoms with Crippen molar-refractivity contribution in [2.24, 2.45) is 0 Å². The third-order valence-electron chi connectivity index (χ3n) is 4.40. The highest BCUT2D eigenvalue weighted by molar-refractivity contribution is 7.92. The molecule has 0 saturated carbocycles. The minimum atomic E-state index is -4.20. The summed E-state index contributed by atoms with van der Waals surface area (Å²) in [6.45, 7) is -0.517. The standard InChI is InChI=1S/C22H21FN2O5S/c1-29-20-13-12-19(14-21(20)30-2)31(27,28)25(18-10-8-16(23)9-11-18)15-22(26)24-17-6-4-3-5-7-17/h3-14H,15H2,1-2H3,(H,24,26). The first-order valence-corrected chi connectivity index (χ1v) is 10.6. The highest BCUT2D eigenvalue weighted by Crippen LogP contribution is 2.32. The predicted octanol–water partition coefficient (Wildman–Crippen LogP) is 3.68. The van der Waals surface area contributed by atoms with Gasteiger partial charge in [-0.2, -0.15) is 0 Å². The number of methoxy groups -OCH3 is 2. The minimum absolute atomic E-state index is 0.109. The second kappa shape index (κ2) is 9.48. The molecule has 0 fully saturated rings. The van der Waals surface area contributed by atoms with Crippen LogP contribution in [0.4, 0.5) is 15.8 Å². The number of anilines is 2. The zero-order valence-corrected chi connectivity index (χ0v) is 17.7. The summed E-state index contributed by atoms with van der Waals surface area (Å²) < 4.78 is 51.5. The highest BCUT2D eigenvalue weighted by Gasteiger charge is 2.28. The molecule has 0 unspecified atom stereocenters. The number of hydrogen-bond donors (Lipinski definition) is 1. The number of rotatable bonds is 8. The van der Waals surface area contributed by atoms with E-state index < -0.39 is 28.3 Å². The van der Waals surface area contributed by atoms with Crippen molar-refractivity contribution in [1.82, 2.24) is 0 Å². The maximum absolute atomic E-state index is 13.4. The summed E-state index contributed by atoms with van der Waals surface area (Å²) in [6, 6.07) is 17.6. The van der Waals surface area contributed by atoms with E-state index in [1.807, 2.05) is 0 Å². The van der Waals surface area contributed by atoms with Gasteiger partial charge >= 0.3 is 0 Å². The molecule has 3 rings (SSSR count). The van der Waals surface area contributed by atoms with Crippen LogP contribution >= 0.6 is 0 Å². The number of nitrogens with one attached hydrogen (secondary N) is 1. The average molecular weight is 444 g/mol. The number of hydrogen-bond acceptors (Lipinski definition) is 5. The number of ether oxygens (including phenoxy) is 2. The lowest BCUT2D eigenvalue weighted by molar-refractivity contribution is -0.114. The Morgan fingerprint density at radius 2 is 1.58 bits per heavy atom. The minimum Gasteiger partial charge on any atom is -0.493 e. The van der Waals surface area contributed by atoms with Crippen LogP contribution in [-0.2, 0) is 14.8 Å². The number of para-hydroxylation sites is 1. The number of halogens is 1. The second-order valence-electron chi connectivity index (χ2n) is 6.42. The normalized spacial score (nSPS) is 10.9. The summed E-state index contributed by atoms with van der Waals surface area (Å²) in [4.78, 5) is 12.5. The summed E-state index contributed by atoms with van der Waals surface area (Å²) in [5, 5.41) is 2.65. The van der Waals surface area contributed by atoms with Crippen molar-refractivity contribution in [3.05, 3.63) is 78.6 Å². The zero-order chi connectivity index (χ0) is 22.4. The van der Waals surface area contributed by atoms with E-state index >= 15 is 0 Å². The van der Waals surface area contributed by atoms with Crippen LogP contribution in [0.3, 0.4) is 0 Å². The van der Waals surface area contributed by atoms with Gasteiger partial charge in [-0.3, -0.25) is 9.10 Å². The van der Waals surface area contributed by atoms with Crippen molar-refractivity contribution in [2.45, 2.75) is 4.90 Å². The molecule has 0 atom stereocenters. The van der Waals surface area contributed by atoms with Crippen molar-refractivity contribution in [1.29, 1.82) is 0 Å². The van der Waals surface area contributed by atoms with Gasteiger partial charge in [-0.25, -0.2) is 12.8 Å². The molecule has 162 valence electrons. The summed E-state index contributed by atoms with van der Waals surface area (Å²) >= 11 is 0. The fraction of sp³-hybridized carbons (Fsp3) is 0.136. The lowest BCUT2D eigenvalue weighted by Crippen LogP contribution is -2.38. The van der Waals surface area contributed by atoms with Gasteiger partial charge in [-0.1, -0.05) is 18.2 Å². The molecule has 0 bridgehead atoms. The lowest BCUT2D eigenvalue weighted by atomic mass is 10.3. The molecule has 31 heavy (non-hydrogen) atoms. The van der Waals surface area contributed by atoms with Gasteiger partial charge in [0.2, 0.25) is 5.91 Å². The van der Waals surface area contributed by atoms with Gasteiger partial charge in [-0.05, 0) is 48.5 Å². The quantitative estimate of drug-likeness (QED) is 0.573. The Bertz CT molecular complexity index is 1150. The summed E-state index contributed by atoms with van der Waals surface area (Å²) in [5.74, 6) is -0.506. The summed E-state index contributed by atoms with van der Waals surface area (Å²) in [7, 11) is -1.37. The Kier molecular flexibility index (Phi) is 6.76. The van der Waals surface area contributed by atoms with Crippen LogP contribution in [0, 0.1) is 5.82 Å². The molecule has 1 N–H and O–H groups in total. The SMILES string of the molecule is COc1ccc(S(=O)(=O)N(CC(=O)Nc2ccccc2)c2ccc(F)cc2)cc1OC. The van der Waals surface area contributed by atoms with Crippen molar-refractivity contribution in [2.75, 3.05) is 30.4 Å². The van der Waals surface area contributed by atoms with Crippen LogP contribution < -0.4 is 19.1 Å². The fourth-order valence-electron chi connectivity index (χ4n) is 2.88. The largest absolute Gasteiger partial charge is 0.493 e. The first-order chi connectivity index (χ1) is 14.8. The van der Waals surface area contributed by atoms with Gasteiger partial charge in [0.25, 0.3) is 10.0 Å². The van der Waals surface area contributed by atoms with Crippen LogP contribution in [-0.4, -0.2) is 35.1 Å². The lowest BCUT2D eigenvalue weighted by Gasteiger charge is -2.24. The third kappa shape index (κ3) is 5.13. The zero-order valence-electron chi connectivity index (χ0n) is 16.9. The molecular weight excluding hydrogens is 423 g/mol. The van der Waals surface area contributed by atoms with E-state index in [0.29, 0.717) is 11.4 Å². The Morgan fingerprint density at radius 3 is 2.19 bits per heavy atom. The molecular formula is C22H21FN2O5S. The number of sulfonamides is 1. The molecule has 3 aromatic rings. The highest BCUT2D eigenvalue weighted by atomic mass is 32.2. The third-order valence-corrected chi connectivity index (χ3v) is 6.17. The topological polar surface area (TPSA) is 84.9 Å². The van der Waals surface area contributed by atoms with Crippen LogP contribution in [0.25, 0.3) is 0 Å². The number of carbonyl (C=O) groups excluding carboxylic acids is 1. The van der Waals surface area contributed by atoms with Gasteiger partial charge in [-0.15, -0.1) is 0 Å². The molecule has 0 aliphatic rings. The molecule has 1 amide bonds.